The predicted molar refractivity (Wildman–Crippen MR) is 106 cm³/mol. The highest BCUT2D eigenvalue weighted by Crippen LogP contribution is 2.33. The van der Waals surface area contributed by atoms with Gasteiger partial charge in [-0.1, -0.05) is 15.9 Å². The fourth-order valence-electron chi connectivity index (χ4n) is 2.19. The molecule has 0 fully saturated rings. The number of methoxy groups -OCH3 is 2. The van der Waals surface area contributed by atoms with E-state index in [0.29, 0.717) is 18.0 Å². The van der Waals surface area contributed by atoms with Crippen molar-refractivity contribution in [1.29, 1.82) is 0 Å². The lowest BCUT2D eigenvalue weighted by Crippen LogP contribution is -2.28. The highest BCUT2D eigenvalue weighted by Gasteiger charge is 2.31. The van der Waals surface area contributed by atoms with Crippen LogP contribution in [0.1, 0.15) is 26.3 Å². The second kappa shape index (κ2) is 7.84. The van der Waals surface area contributed by atoms with Crippen LogP contribution < -0.4 is 14.8 Å². The second-order valence-electron chi connectivity index (χ2n) is 6.65. The number of sulfone groups is 1. The second-order valence-corrected chi connectivity index (χ2v) is 10.2. The molecule has 26 heavy (non-hydrogen) atoms. The van der Waals surface area contributed by atoms with Crippen molar-refractivity contribution in [2.75, 3.05) is 19.5 Å². The zero-order valence-corrected chi connectivity index (χ0v) is 17.9. The molecule has 0 unspecified atom stereocenters. The molecule has 6 nitrogen and oxygen atoms in total. The number of aromatic nitrogens is 1. The van der Waals surface area contributed by atoms with E-state index in [9.17, 15) is 8.42 Å². The molecule has 8 heteroatoms. The SMILES string of the molecule is COc1cc(Br)c(CNc2ccc(S(=O)(=O)C(C)(C)C)nc2)cc1OC. The number of nitrogens with zero attached hydrogens (tertiary/aromatic N) is 1. The molecule has 2 aromatic rings. The molecule has 2 rings (SSSR count). The summed E-state index contributed by atoms with van der Waals surface area (Å²) >= 11 is 3.51. The topological polar surface area (TPSA) is 77.5 Å². The first kappa shape index (κ1) is 20.5. The summed E-state index contributed by atoms with van der Waals surface area (Å²) in [4.78, 5) is 4.11. The largest absolute Gasteiger partial charge is 0.493 e. The van der Waals surface area contributed by atoms with Gasteiger partial charge in [0.2, 0.25) is 0 Å². The lowest BCUT2D eigenvalue weighted by Gasteiger charge is -2.18. The van der Waals surface area contributed by atoms with Gasteiger partial charge in [0, 0.05) is 11.0 Å². The number of rotatable bonds is 6. The van der Waals surface area contributed by atoms with E-state index in [1.807, 2.05) is 12.1 Å². The summed E-state index contributed by atoms with van der Waals surface area (Å²) in [6.07, 6.45) is 1.52. The van der Waals surface area contributed by atoms with Gasteiger partial charge in [0.05, 0.1) is 30.9 Å². The Hall–Kier alpha value is -1.80. The smallest absolute Gasteiger partial charge is 0.200 e. The summed E-state index contributed by atoms with van der Waals surface area (Å²) in [5.41, 5.74) is 1.69. The van der Waals surface area contributed by atoms with Gasteiger partial charge < -0.3 is 14.8 Å². The lowest BCUT2D eigenvalue weighted by atomic mass is 10.2. The summed E-state index contributed by atoms with van der Waals surface area (Å²) in [7, 11) is -0.292. The van der Waals surface area contributed by atoms with Gasteiger partial charge in [-0.25, -0.2) is 13.4 Å². The first-order chi connectivity index (χ1) is 12.1. The third-order valence-electron chi connectivity index (χ3n) is 3.85. The molecule has 0 atom stereocenters. The van der Waals surface area contributed by atoms with Crippen LogP contribution in [0.3, 0.4) is 0 Å². The molecule has 1 N–H and O–H groups in total. The van der Waals surface area contributed by atoms with Gasteiger partial charge in [-0.2, -0.15) is 0 Å². The first-order valence-corrected chi connectivity index (χ1v) is 10.2. The maximum atomic E-state index is 12.4. The van der Waals surface area contributed by atoms with Crippen molar-refractivity contribution < 1.29 is 17.9 Å². The number of nitrogens with one attached hydrogen (secondary N) is 1. The normalized spacial score (nSPS) is 11.9. The molecule has 0 spiro atoms. The van der Waals surface area contributed by atoms with Gasteiger partial charge in [0.25, 0.3) is 0 Å². The fourth-order valence-corrected chi connectivity index (χ4v) is 3.72. The lowest BCUT2D eigenvalue weighted by molar-refractivity contribution is 0.354. The van der Waals surface area contributed by atoms with Crippen LogP contribution in [0.25, 0.3) is 0 Å². The van der Waals surface area contributed by atoms with E-state index < -0.39 is 14.6 Å². The van der Waals surface area contributed by atoms with E-state index >= 15 is 0 Å². The zero-order chi connectivity index (χ0) is 19.5. The molecule has 0 aliphatic rings. The average molecular weight is 443 g/mol. The molecule has 0 aliphatic carbocycles. The Bertz CT molecular complexity index is 875. The first-order valence-electron chi connectivity index (χ1n) is 7.95. The van der Waals surface area contributed by atoms with Gasteiger partial charge in [-0.05, 0) is 50.6 Å². The van der Waals surface area contributed by atoms with E-state index in [1.165, 1.54) is 12.3 Å². The van der Waals surface area contributed by atoms with Crippen LogP contribution in [0.15, 0.2) is 40.0 Å². The van der Waals surface area contributed by atoms with Crippen LogP contribution in [-0.2, 0) is 16.4 Å². The number of benzene rings is 1. The number of ether oxygens (including phenoxy) is 2. The number of anilines is 1. The highest BCUT2D eigenvalue weighted by molar-refractivity contribution is 9.10. The van der Waals surface area contributed by atoms with E-state index in [4.69, 9.17) is 9.47 Å². The Kier molecular flexibility index (Phi) is 6.18. The van der Waals surface area contributed by atoms with Gasteiger partial charge in [-0.3, -0.25) is 0 Å². The minimum atomic E-state index is -3.46. The van der Waals surface area contributed by atoms with Crippen LogP contribution in [0.4, 0.5) is 5.69 Å². The van der Waals surface area contributed by atoms with Crippen LogP contribution in [0.5, 0.6) is 11.5 Å². The molecular formula is C18H23BrN2O4S. The number of hydrogen-bond acceptors (Lipinski definition) is 6. The standard InChI is InChI=1S/C18H23BrN2O4S/c1-18(2,3)26(22,23)17-7-6-13(11-21-17)20-10-12-8-15(24-4)16(25-5)9-14(12)19/h6-9,11,20H,10H2,1-5H3. The Morgan fingerprint density at radius 1 is 1.12 bits per heavy atom. The van der Waals surface area contributed by atoms with E-state index in [-0.39, 0.29) is 5.03 Å². The van der Waals surface area contributed by atoms with Crippen LogP contribution in [0, 0.1) is 0 Å². The highest BCUT2D eigenvalue weighted by atomic mass is 79.9. The average Bonchev–Trinajstić information content (AvgIpc) is 2.59. The maximum absolute atomic E-state index is 12.4. The van der Waals surface area contributed by atoms with E-state index in [1.54, 1.807) is 41.1 Å². The fraction of sp³-hybridized carbons (Fsp3) is 0.389. The van der Waals surface area contributed by atoms with Crippen molar-refractivity contribution in [2.24, 2.45) is 0 Å². The van der Waals surface area contributed by atoms with Gasteiger partial charge in [0.1, 0.15) is 0 Å². The predicted octanol–water partition coefficient (Wildman–Crippen LogP) is 4.05. The van der Waals surface area contributed by atoms with Gasteiger partial charge in [0.15, 0.2) is 26.4 Å². The molecule has 1 heterocycles. The summed E-state index contributed by atoms with van der Waals surface area (Å²) < 4.78 is 35.4. The molecule has 0 saturated carbocycles. The Morgan fingerprint density at radius 3 is 2.23 bits per heavy atom. The number of halogens is 1. The van der Waals surface area contributed by atoms with Crippen molar-refractivity contribution in [3.05, 3.63) is 40.5 Å². The summed E-state index contributed by atoms with van der Waals surface area (Å²) in [6.45, 7) is 5.48. The quantitative estimate of drug-likeness (QED) is 0.726. The summed E-state index contributed by atoms with van der Waals surface area (Å²) in [5.74, 6) is 1.28. The third-order valence-corrected chi connectivity index (χ3v) is 7.00. The van der Waals surface area contributed by atoms with Crippen LogP contribution in [0.2, 0.25) is 0 Å². The monoisotopic (exact) mass is 442 g/mol. The summed E-state index contributed by atoms with van der Waals surface area (Å²) in [5, 5.41) is 3.30. The molecule has 0 aliphatic heterocycles. The molecule has 0 saturated heterocycles. The zero-order valence-electron chi connectivity index (χ0n) is 15.5. The summed E-state index contributed by atoms with van der Waals surface area (Å²) in [6, 6.07) is 6.95. The molecule has 1 aromatic carbocycles. The third kappa shape index (κ3) is 4.29. The molecule has 0 radical (unpaired) electrons. The maximum Gasteiger partial charge on any atom is 0.200 e. The Labute approximate surface area is 163 Å². The molecule has 1 aromatic heterocycles. The Balaban J connectivity index is 2.16. The van der Waals surface area contributed by atoms with Crippen LogP contribution in [-0.4, -0.2) is 32.4 Å². The van der Waals surface area contributed by atoms with Crippen molar-refractivity contribution in [3.63, 3.8) is 0 Å². The number of hydrogen-bond donors (Lipinski definition) is 1. The molecule has 0 amide bonds. The molecule has 142 valence electrons. The van der Waals surface area contributed by atoms with Crippen LogP contribution >= 0.6 is 15.9 Å². The Morgan fingerprint density at radius 2 is 1.73 bits per heavy atom. The van der Waals surface area contributed by atoms with Crippen molar-refractivity contribution in [3.8, 4) is 11.5 Å². The van der Waals surface area contributed by atoms with Crippen molar-refractivity contribution in [1.82, 2.24) is 4.98 Å². The van der Waals surface area contributed by atoms with Gasteiger partial charge >= 0.3 is 0 Å². The van der Waals surface area contributed by atoms with Gasteiger partial charge in [-0.15, -0.1) is 0 Å². The number of pyridine rings is 1. The van der Waals surface area contributed by atoms with E-state index in [2.05, 4.69) is 26.2 Å². The molecular weight excluding hydrogens is 420 g/mol. The van der Waals surface area contributed by atoms with Crippen molar-refractivity contribution >= 4 is 31.5 Å². The minimum absolute atomic E-state index is 0.0721. The molecule has 0 bridgehead atoms. The van der Waals surface area contributed by atoms with Crippen molar-refractivity contribution in [2.45, 2.75) is 37.1 Å². The minimum Gasteiger partial charge on any atom is -0.493 e. The van der Waals surface area contributed by atoms with E-state index in [0.717, 1.165) is 15.7 Å².